The van der Waals surface area contributed by atoms with Gasteiger partial charge in [0.1, 0.15) is 0 Å². The monoisotopic (exact) mass is 488 g/mol. The molecule has 0 N–H and O–H groups in total. The summed E-state index contributed by atoms with van der Waals surface area (Å²) in [6.07, 6.45) is 4.00. The molecule has 37 heavy (non-hydrogen) atoms. The molecule has 0 radical (unpaired) electrons. The molecule has 0 aliphatic heterocycles. The first-order valence-corrected chi connectivity index (χ1v) is 12.3. The van der Waals surface area contributed by atoms with Crippen LogP contribution in [0.1, 0.15) is 78.3 Å². The van der Waals surface area contributed by atoms with Gasteiger partial charge in [-0.05, 0) is 52.8 Å². The van der Waals surface area contributed by atoms with Gasteiger partial charge in [0.25, 0.3) is 0 Å². The van der Waals surface area contributed by atoms with Crippen LogP contribution in [-0.4, -0.2) is 17.3 Å². The van der Waals surface area contributed by atoms with Gasteiger partial charge in [-0.25, -0.2) is 0 Å². The van der Waals surface area contributed by atoms with Crippen molar-refractivity contribution in [1.29, 1.82) is 0 Å². The van der Waals surface area contributed by atoms with Crippen molar-refractivity contribution in [3.63, 3.8) is 0 Å². The van der Waals surface area contributed by atoms with Crippen LogP contribution >= 0.6 is 0 Å². The smallest absolute Gasteiger partial charge is 0.193 e. The molecule has 4 aromatic rings. The molecule has 0 saturated heterocycles. The fourth-order valence-electron chi connectivity index (χ4n) is 3.64. The van der Waals surface area contributed by atoms with Gasteiger partial charge >= 0.3 is 0 Å². The first kappa shape index (κ1) is 27.2. The average molecular weight is 489 g/mol. The number of ketones is 3. The minimum atomic E-state index is -0.230. The van der Waals surface area contributed by atoms with Crippen LogP contribution in [0.5, 0.6) is 0 Å². The second-order valence-corrected chi connectivity index (χ2v) is 9.05. The lowest BCUT2D eigenvalue weighted by molar-refractivity contribution is 0.103. The molecule has 0 heterocycles. The predicted octanol–water partition coefficient (Wildman–Crippen LogP) is 7.89. The van der Waals surface area contributed by atoms with Crippen LogP contribution in [-0.2, 0) is 0 Å². The summed E-state index contributed by atoms with van der Waals surface area (Å²) in [5, 5.41) is 0. The molecule has 0 amide bonds. The Kier molecular flexibility index (Phi) is 9.23. The molecule has 0 atom stereocenters. The normalized spacial score (nSPS) is 10.5. The van der Waals surface area contributed by atoms with Crippen LogP contribution in [0.3, 0.4) is 0 Å². The number of hydrogen-bond acceptors (Lipinski definition) is 3. The Hall–Kier alpha value is -4.37. The number of benzene rings is 4. The van der Waals surface area contributed by atoms with Crippen molar-refractivity contribution in [2.45, 2.75) is 34.6 Å². The van der Waals surface area contributed by atoms with Crippen molar-refractivity contribution in [3.05, 3.63) is 153 Å². The molecule has 3 heteroatoms. The number of rotatable bonds is 6. The molecular weight excluding hydrogens is 456 g/mol. The summed E-state index contributed by atoms with van der Waals surface area (Å²) in [7, 11) is 0. The van der Waals surface area contributed by atoms with E-state index in [0.717, 1.165) is 16.7 Å². The van der Waals surface area contributed by atoms with Crippen LogP contribution in [0, 0.1) is 20.8 Å². The van der Waals surface area contributed by atoms with E-state index in [1.165, 1.54) is 0 Å². The van der Waals surface area contributed by atoms with E-state index in [1.807, 2.05) is 83.2 Å². The van der Waals surface area contributed by atoms with Gasteiger partial charge in [0, 0.05) is 33.4 Å². The maximum atomic E-state index is 13.2. The molecule has 0 saturated carbocycles. The van der Waals surface area contributed by atoms with E-state index in [-0.39, 0.29) is 17.3 Å². The number of carbonyl (C=O) groups is 3. The second kappa shape index (κ2) is 12.5. The first-order valence-electron chi connectivity index (χ1n) is 12.3. The number of aryl methyl sites for hydroxylation is 3. The Morgan fingerprint density at radius 1 is 0.405 bits per heavy atom. The molecule has 0 bridgehead atoms. The summed E-state index contributed by atoms with van der Waals surface area (Å²) >= 11 is 0. The van der Waals surface area contributed by atoms with Crippen molar-refractivity contribution in [2.75, 3.05) is 0 Å². The standard InChI is InChI=1S/C30H24O3.C4H8/c1-19-4-10-22(11-5-19)28(31)25-16-26(29(32)23-12-6-20(2)7-13-23)18-27(17-25)30(33)24-14-8-21(3)9-15-24;1-3-4-2/h4-18H,1-3H3;3-4H,1-2H3. The summed E-state index contributed by atoms with van der Waals surface area (Å²) in [5.41, 5.74) is 5.60. The second-order valence-electron chi connectivity index (χ2n) is 9.05. The van der Waals surface area contributed by atoms with Gasteiger partial charge < -0.3 is 0 Å². The van der Waals surface area contributed by atoms with E-state index in [1.54, 1.807) is 54.6 Å². The third-order valence-electron chi connectivity index (χ3n) is 5.99. The molecule has 0 unspecified atom stereocenters. The van der Waals surface area contributed by atoms with Gasteiger partial charge in [-0.15, -0.1) is 0 Å². The Labute approximate surface area is 219 Å². The Morgan fingerprint density at radius 2 is 0.622 bits per heavy atom. The quantitative estimate of drug-likeness (QED) is 0.205. The van der Waals surface area contributed by atoms with Crippen molar-refractivity contribution >= 4 is 17.3 Å². The summed E-state index contributed by atoms with van der Waals surface area (Å²) < 4.78 is 0. The maximum Gasteiger partial charge on any atom is 0.193 e. The van der Waals surface area contributed by atoms with Crippen molar-refractivity contribution < 1.29 is 14.4 Å². The lowest BCUT2D eigenvalue weighted by Crippen LogP contribution is -2.10. The molecule has 0 spiro atoms. The van der Waals surface area contributed by atoms with E-state index in [0.29, 0.717) is 33.4 Å². The highest BCUT2D eigenvalue weighted by molar-refractivity contribution is 6.17. The zero-order chi connectivity index (χ0) is 26.9. The van der Waals surface area contributed by atoms with Gasteiger partial charge in [0.2, 0.25) is 0 Å². The maximum absolute atomic E-state index is 13.2. The van der Waals surface area contributed by atoms with Crippen LogP contribution < -0.4 is 0 Å². The summed E-state index contributed by atoms with van der Waals surface area (Å²) in [6.45, 7) is 9.86. The molecule has 0 aromatic heterocycles. The zero-order valence-corrected chi connectivity index (χ0v) is 22.0. The average Bonchev–Trinajstić information content (AvgIpc) is 2.93. The van der Waals surface area contributed by atoms with Crippen molar-refractivity contribution in [2.24, 2.45) is 0 Å². The van der Waals surface area contributed by atoms with Crippen molar-refractivity contribution in [1.82, 2.24) is 0 Å². The van der Waals surface area contributed by atoms with E-state index >= 15 is 0 Å². The van der Waals surface area contributed by atoms with Crippen LogP contribution in [0.2, 0.25) is 0 Å². The van der Waals surface area contributed by atoms with Gasteiger partial charge in [-0.2, -0.15) is 0 Å². The van der Waals surface area contributed by atoms with Crippen LogP contribution in [0.4, 0.5) is 0 Å². The number of carbonyl (C=O) groups excluding carboxylic acids is 3. The lowest BCUT2D eigenvalue weighted by Gasteiger charge is -2.10. The number of allylic oxidation sites excluding steroid dienone is 2. The Balaban J connectivity index is 0.000000886. The highest BCUT2D eigenvalue weighted by Crippen LogP contribution is 2.21. The summed E-state index contributed by atoms with van der Waals surface area (Å²) in [6, 6.07) is 26.5. The highest BCUT2D eigenvalue weighted by atomic mass is 16.1. The third-order valence-corrected chi connectivity index (χ3v) is 5.99. The largest absolute Gasteiger partial charge is 0.289 e. The molecule has 3 nitrogen and oxygen atoms in total. The van der Waals surface area contributed by atoms with Gasteiger partial charge in [0.05, 0.1) is 0 Å². The summed E-state index contributed by atoms with van der Waals surface area (Å²) in [4.78, 5) is 39.7. The predicted molar refractivity (Wildman–Crippen MR) is 151 cm³/mol. The van der Waals surface area contributed by atoms with Crippen LogP contribution in [0.15, 0.2) is 103 Å². The van der Waals surface area contributed by atoms with Crippen LogP contribution in [0.25, 0.3) is 0 Å². The molecule has 0 aliphatic rings. The molecule has 0 fully saturated rings. The Bertz CT molecular complexity index is 1240. The first-order chi connectivity index (χ1) is 17.7. The molecule has 4 rings (SSSR count). The Morgan fingerprint density at radius 3 is 0.811 bits per heavy atom. The molecular formula is C34H32O3. The molecule has 0 aliphatic carbocycles. The topological polar surface area (TPSA) is 51.2 Å². The minimum Gasteiger partial charge on any atom is -0.289 e. The highest BCUT2D eigenvalue weighted by Gasteiger charge is 2.19. The van der Waals surface area contributed by atoms with E-state index < -0.39 is 0 Å². The third kappa shape index (κ3) is 7.08. The number of hydrogen-bond donors (Lipinski definition) is 0. The fourth-order valence-corrected chi connectivity index (χ4v) is 3.64. The zero-order valence-electron chi connectivity index (χ0n) is 22.0. The molecule has 4 aromatic carbocycles. The van der Waals surface area contributed by atoms with Gasteiger partial charge in [-0.3, -0.25) is 14.4 Å². The van der Waals surface area contributed by atoms with E-state index in [9.17, 15) is 14.4 Å². The molecule has 186 valence electrons. The lowest BCUT2D eigenvalue weighted by atomic mass is 9.92. The van der Waals surface area contributed by atoms with Gasteiger partial charge in [0.15, 0.2) is 17.3 Å². The SMILES string of the molecule is CC=CC.Cc1ccc(C(=O)c2cc(C(=O)c3ccc(C)cc3)cc(C(=O)c3ccc(C)cc3)c2)cc1. The summed E-state index contributed by atoms with van der Waals surface area (Å²) in [5.74, 6) is -0.690. The van der Waals surface area contributed by atoms with Crippen molar-refractivity contribution in [3.8, 4) is 0 Å². The van der Waals surface area contributed by atoms with Gasteiger partial charge in [-0.1, -0.05) is 102 Å². The fraction of sp³-hybridized carbons (Fsp3) is 0.147. The van der Waals surface area contributed by atoms with E-state index in [2.05, 4.69) is 0 Å². The van der Waals surface area contributed by atoms with E-state index in [4.69, 9.17) is 0 Å². The minimum absolute atomic E-state index is 0.230.